The van der Waals surface area contributed by atoms with Crippen LogP contribution in [0.4, 0.5) is 5.69 Å². The molecule has 2 amide bonds. The zero-order valence-corrected chi connectivity index (χ0v) is 21.3. The van der Waals surface area contributed by atoms with Crippen molar-refractivity contribution >= 4 is 23.6 Å². The van der Waals surface area contributed by atoms with Crippen LogP contribution in [-0.2, 0) is 22.0 Å². The summed E-state index contributed by atoms with van der Waals surface area (Å²) in [5, 5.41) is 10.4. The minimum atomic E-state index is -0.587. The summed E-state index contributed by atoms with van der Waals surface area (Å²) in [6, 6.07) is 7.35. The largest absolute Gasteiger partial charge is 0.381 e. The Kier molecular flexibility index (Phi) is 5.78. The Morgan fingerprint density at radius 2 is 1.92 bits per heavy atom. The molecule has 1 spiro atoms. The van der Waals surface area contributed by atoms with E-state index in [1.807, 2.05) is 6.07 Å². The fourth-order valence-corrected chi connectivity index (χ4v) is 6.67. The monoisotopic (exact) mass is 488 g/mol. The molecule has 1 unspecified atom stereocenters. The van der Waals surface area contributed by atoms with Gasteiger partial charge in [0.05, 0.1) is 0 Å². The third kappa shape index (κ3) is 4.07. The number of fused-ring (bicyclic) bond motifs is 2. The van der Waals surface area contributed by atoms with E-state index >= 15 is 0 Å². The molecule has 190 valence electrons. The second kappa shape index (κ2) is 8.87. The number of carbonyl (C=O) groups excluding carboxylic acids is 2. The van der Waals surface area contributed by atoms with E-state index in [0.29, 0.717) is 11.6 Å². The summed E-state index contributed by atoms with van der Waals surface area (Å²) in [5.41, 5.74) is 3.89. The average Bonchev–Trinajstić information content (AvgIpc) is 3.28. The molecular weight excluding hydrogens is 452 g/mol. The van der Waals surface area contributed by atoms with Crippen LogP contribution in [0.1, 0.15) is 73.5 Å². The minimum Gasteiger partial charge on any atom is -0.381 e. The standard InChI is InChI=1S/C29H36N4O3/c1-28(11-12-28)24(19-4-3-5-19)25(32-26(34)23-9-15-30-33(23)2)27(35)31-21-6-7-22-20(18-21)8-10-29(22)13-16-36-17-14-29/h6-10,15,18-19,24-25H,3-5,11-14,16-17H2,1-2H3,(H,31,35)(H,32,34)/t24?,25-/m0/s1. The number of hydrogen-bond acceptors (Lipinski definition) is 4. The van der Waals surface area contributed by atoms with Crippen LogP contribution in [0.15, 0.2) is 36.5 Å². The Labute approximate surface area is 212 Å². The predicted molar refractivity (Wildman–Crippen MR) is 138 cm³/mol. The quantitative estimate of drug-likeness (QED) is 0.603. The number of aromatic nitrogens is 2. The molecule has 6 rings (SSSR count). The Morgan fingerprint density at radius 1 is 1.14 bits per heavy atom. The number of nitrogens with zero attached hydrogens (tertiary/aromatic N) is 2. The molecule has 3 fully saturated rings. The van der Waals surface area contributed by atoms with Crippen molar-refractivity contribution in [2.24, 2.45) is 24.3 Å². The molecular formula is C29H36N4O3. The summed E-state index contributed by atoms with van der Waals surface area (Å²) in [4.78, 5) is 27.1. The maximum Gasteiger partial charge on any atom is 0.270 e. The highest BCUT2D eigenvalue weighted by Gasteiger charge is 2.54. The van der Waals surface area contributed by atoms with Crippen LogP contribution < -0.4 is 10.6 Å². The van der Waals surface area contributed by atoms with Gasteiger partial charge < -0.3 is 15.4 Å². The highest BCUT2D eigenvalue weighted by Crippen LogP contribution is 2.58. The number of ether oxygens (including phenoxy) is 1. The number of benzene rings is 1. The van der Waals surface area contributed by atoms with Crippen LogP contribution >= 0.6 is 0 Å². The molecule has 2 aromatic rings. The normalized spacial score (nSPS) is 22.9. The zero-order valence-electron chi connectivity index (χ0n) is 21.3. The summed E-state index contributed by atoms with van der Waals surface area (Å²) in [6.07, 6.45) is 13.7. The topological polar surface area (TPSA) is 85.2 Å². The average molecular weight is 489 g/mol. The van der Waals surface area contributed by atoms with Gasteiger partial charge in [-0.25, -0.2) is 0 Å². The van der Waals surface area contributed by atoms with Crippen molar-refractivity contribution in [3.63, 3.8) is 0 Å². The first kappa shape index (κ1) is 23.5. The first-order valence-corrected chi connectivity index (χ1v) is 13.4. The number of allylic oxidation sites excluding steroid dienone is 1. The van der Waals surface area contributed by atoms with E-state index in [-0.39, 0.29) is 28.6 Å². The van der Waals surface area contributed by atoms with Crippen LogP contribution in [0, 0.1) is 17.3 Å². The maximum absolute atomic E-state index is 13.9. The molecule has 7 nitrogen and oxygen atoms in total. The molecule has 4 aliphatic rings. The minimum absolute atomic E-state index is 0.0611. The molecule has 7 heteroatoms. The highest BCUT2D eigenvalue weighted by atomic mass is 16.5. The lowest BCUT2D eigenvalue weighted by molar-refractivity contribution is -0.121. The molecule has 0 radical (unpaired) electrons. The van der Waals surface area contributed by atoms with Crippen molar-refractivity contribution in [3.8, 4) is 0 Å². The van der Waals surface area contributed by atoms with Gasteiger partial charge in [0, 0.05) is 37.6 Å². The number of rotatable bonds is 7. The smallest absolute Gasteiger partial charge is 0.270 e. The van der Waals surface area contributed by atoms with Gasteiger partial charge in [-0.05, 0) is 72.3 Å². The van der Waals surface area contributed by atoms with E-state index in [2.05, 4.69) is 46.9 Å². The number of aryl methyl sites for hydroxylation is 1. The van der Waals surface area contributed by atoms with E-state index in [0.717, 1.165) is 63.0 Å². The third-order valence-corrected chi connectivity index (χ3v) is 9.31. The van der Waals surface area contributed by atoms with Crippen molar-refractivity contribution < 1.29 is 14.3 Å². The Morgan fingerprint density at radius 3 is 2.56 bits per heavy atom. The van der Waals surface area contributed by atoms with Crippen LogP contribution in [0.2, 0.25) is 0 Å². The first-order chi connectivity index (χ1) is 17.4. The van der Waals surface area contributed by atoms with Crippen molar-refractivity contribution in [1.82, 2.24) is 15.1 Å². The molecule has 1 aliphatic heterocycles. The summed E-state index contributed by atoms with van der Waals surface area (Å²) in [6.45, 7) is 3.84. The molecule has 2 heterocycles. The Balaban J connectivity index is 1.26. The van der Waals surface area contributed by atoms with Gasteiger partial charge in [0.2, 0.25) is 5.91 Å². The number of carbonyl (C=O) groups is 2. The summed E-state index contributed by atoms with van der Waals surface area (Å²) in [5.74, 6) is 0.222. The number of hydrogen-bond donors (Lipinski definition) is 2. The van der Waals surface area contributed by atoms with E-state index in [9.17, 15) is 9.59 Å². The number of amides is 2. The second-order valence-corrected chi connectivity index (χ2v) is 11.6. The van der Waals surface area contributed by atoms with Crippen molar-refractivity contribution in [2.45, 2.75) is 63.3 Å². The van der Waals surface area contributed by atoms with Crippen molar-refractivity contribution in [3.05, 3.63) is 53.4 Å². The molecule has 3 aliphatic carbocycles. The lowest BCUT2D eigenvalue weighted by Crippen LogP contribution is -2.54. The second-order valence-electron chi connectivity index (χ2n) is 11.6. The molecule has 2 saturated carbocycles. The van der Waals surface area contributed by atoms with E-state index in [1.54, 1.807) is 24.0 Å². The van der Waals surface area contributed by atoms with Crippen molar-refractivity contribution in [2.75, 3.05) is 18.5 Å². The number of anilines is 1. The van der Waals surface area contributed by atoms with E-state index in [4.69, 9.17) is 4.74 Å². The number of nitrogens with one attached hydrogen (secondary N) is 2. The van der Waals surface area contributed by atoms with E-state index < -0.39 is 6.04 Å². The van der Waals surface area contributed by atoms with Gasteiger partial charge in [0.1, 0.15) is 11.7 Å². The fraction of sp³-hybridized carbons (Fsp3) is 0.552. The lowest BCUT2D eigenvalue weighted by Gasteiger charge is -2.42. The van der Waals surface area contributed by atoms with Crippen LogP contribution in [0.25, 0.3) is 6.08 Å². The van der Waals surface area contributed by atoms with Gasteiger partial charge in [-0.15, -0.1) is 0 Å². The summed E-state index contributed by atoms with van der Waals surface area (Å²) >= 11 is 0. The highest BCUT2D eigenvalue weighted by molar-refractivity contribution is 6.01. The van der Waals surface area contributed by atoms with Gasteiger partial charge in [-0.2, -0.15) is 5.10 Å². The van der Waals surface area contributed by atoms with Crippen LogP contribution in [0.5, 0.6) is 0 Å². The van der Waals surface area contributed by atoms with E-state index in [1.165, 1.54) is 12.0 Å². The zero-order chi connectivity index (χ0) is 24.9. The van der Waals surface area contributed by atoms with Gasteiger partial charge >= 0.3 is 0 Å². The van der Waals surface area contributed by atoms with Gasteiger partial charge in [0.15, 0.2) is 0 Å². The Hall–Kier alpha value is -2.93. The maximum atomic E-state index is 13.9. The molecule has 0 bridgehead atoms. The van der Waals surface area contributed by atoms with Crippen LogP contribution in [-0.4, -0.2) is 40.9 Å². The third-order valence-electron chi connectivity index (χ3n) is 9.31. The molecule has 36 heavy (non-hydrogen) atoms. The van der Waals surface area contributed by atoms with Gasteiger partial charge in [-0.3, -0.25) is 14.3 Å². The molecule has 2 atom stereocenters. The molecule has 1 aromatic carbocycles. The van der Waals surface area contributed by atoms with Crippen molar-refractivity contribution in [1.29, 1.82) is 0 Å². The summed E-state index contributed by atoms with van der Waals surface area (Å²) in [7, 11) is 1.75. The Bertz CT molecular complexity index is 1200. The van der Waals surface area contributed by atoms with Gasteiger partial charge in [0.25, 0.3) is 5.91 Å². The fourth-order valence-electron chi connectivity index (χ4n) is 6.67. The molecule has 1 saturated heterocycles. The SMILES string of the molecule is Cn1nccc1C(=O)N[C@H](C(=O)Nc1ccc2c(c1)C=CC21CCOCC1)C(C1CCC1)C1(C)CC1. The van der Waals surface area contributed by atoms with Gasteiger partial charge in [-0.1, -0.05) is 44.4 Å². The summed E-state index contributed by atoms with van der Waals surface area (Å²) < 4.78 is 7.15. The first-order valence-electron chi connectivity index (χ1n) is 13.4. The molecule has 1 aromatic heterocycles. The van der Waals surface area contributed by atoms with Crippen LogP contribution in [0.3, 0.4) is 0 Å². The predicted octanol–water partition coefficient (Wildman–Crippen LogP) is 4.45. The lowest BCUT2D eigenvalue weighted by atomic mass is 9.66. The molecule has 2 N–H and O–H groups in total.